The molecule has 1 fully saturated rings. The number of carbonyl (C=O) groups excluding carboxylic acids is 1. The number of aromatic nitrogens is 3. The van der Waals surface area contributed by atoms with Gasteiger partial charge in [0.2, 0.25) is 0 Å². The molecule has 2 aromatic rings. The van der Waals surface area contributed by atoms with Crippen LogP contribution in [0, 0.1) is 5.92 Å². The minimum atomic E-state index is -0.601. The summed E-state index contributed by atoms with van der Waals surface area (Å²) in [5.74, 6) is -0.337. The first-order valence-electron chi connectivity index (χ1n) is 6.06. The smallest absolute Gasteiger partial charge is 0.416 e. The lowest BCUT2D eigenvalue weighted by atomic mass is 9.93. The number of likely N-dealkylation sites (tertiary alicyclic amines) is 1. The average Bonchev–Trinajstić information content (AvgIpc) is 2.91. The van der Waals surface area contributed by atoms with Crippen molar-refractivity contribution in [1.82, 2.24) is 19.7 Å². The summed E-state index contributed by atoms with van der Waals surface area (Å²) in [7, 11) is 1.88. The Balaban J connectivity index is 1.55. The molecule has 7 heteroatoms. The molecular weight excluding hydrogens is 248 g/mol. The number of oxazole rings is 1. The number of rotatable bonds is 3. The summed E-state index contributed by atoms with van der Waals surface area (Å²) in [6, 6.07) is 0. The van der Waals surface area contributed by atoms with Gasteiger partial charge in [-0.05, 0) is 17.9 Å². The highest BCUT2D eigenvalue weighted by Gasteiger charge is 2.32. The molecule has 0 aliphatic carbocycles. The fourth-order valence-corrected chi connectivity index (χ4v) is 2.33. The number of hydrogen-bond donors (Lipinski definition) is 1. The molecule has 1 aliphatic heterocycles. The zero-order chi connectivity index (χ0) is 13.4. The molecule has 1 N–H and O–H groups in total. The Morgan fingerprint density at radius 3 is 2.95 bits per heavy atom. The maximum absolute atomic E-state index is 11.9. The topological polar surface area (TPSA) is 84.1 Å². The van der Waals surface area contributed by atoms with Crippen LogP contribution in [0.1, 0.15) is 16.1 Å². The van der Waals surface area contributed by atoms with E-state index in [-0.39, 0.29) is 11.6 Å². The standard InChI is InChI=1S/C12H14N4O3/c1-15-4-8(3-13-15)2-9-5-16(6-9)11(17)10-7-19-12(18)14-10/h3-4,7,9H,2,5-6H2,1H3,(H,14,18). The molecule has 0 aromatic carbocycles. The van der Waals surface area contributed by atoms with Crippen LogP contribution in [0.3, 0.4) is 0 Å². The minimum absolute atomic E-state index is 0.187. The number of aromatic amines is 1. The summed E-state index contributed by atoms with van der Waals surface area (Å²) in [6.45, 7) is 1.39. The van der Waals surface area contributed by atoms with Crippen LogP contribution >= 0.6 is 0 Å². The molecule has 19 heavy (non-hydrogen) atoms. The molecule has 7 nitrogen and oxygen atoms in total. The summed E-state index contributed by atoms with van der Waals surface area (Å²) in [4.78, 5) is 26.8. The molecule has 0 spiro atoms. The van der Waals surface area contributed by atoms with Crippen molar-refractivity contribution in [1.29, 1.82) is 0 Å². The van der Waals surface area contributed by atoms with Crippen LogP contribution in [0.15, 0.2) is 27.9 Å². The number of hydrogen-bond acceptors (Lipinski definition) is 4. The SMILES string of the molecule is Cn1cc(CC2CN(C(=O)c3coc(=O)[nH]3)C2)cn1. The van der Waals surface area contributed by atoms with Gasteiger partial charge in [-0.1, -0.05) is 0 Å². The van der Waals surface area contributed by atoms with Crippen molar-refractivity contribution in [3.05, 3.63) is 40.5 Å². The zero-order valence-corrected chi connectivity index (χ0v) is 10.5. The minimum Gasteiger partial charge on any atom is -0.416 e. The lowest BCUT2D eigenvalue weighted by Crippen LogP contribution is -2.50. The third-order valence-corrected chi connectivity index (χ3v) is 3.28. The molecule has 3 rings (SSSR count). The Kier molecular flexibility index (Phi) is 2.73. The highest BCUT2D eigenvalue weighted by atomic mass is 16.4. The van der Waals surface area contributed by atoms with Crippen LogP contribution in [0.25, 0.3) is 0 Å². The predicted molar refractivity (Wildman–Crippen MR) is 65.6 cm³/mol. The number of nitrogens with zero attached hydrogens (tertiary/aromatic N) is 3. The van der Waals surface area contributed by atoms with Gasteiger partial charge in [-0.15, -0.1) is 0 Å². The summed E-state index contributed by atoms with van der Waals surface area (Å²) in [6.07, 6.45) is 5.91. The monoisotopic (exact) mass is 262 g/mol. The van der Waals surface area contributed by atoms with Crippen molar-refractivity contribution in [3.8, 4) is 0 Å². The lowest BCUT2D eigenvalue weighted by molar-refractivity contribution is 0.0495. The molecule has 1 amide bonds. The van der Waals surface area contributed by atoms with E-state index >= 15 is 0 Å². The Hall–Kier alpha value is -2.31. The molecule has 0 bridgehead atoms. The predicted octanol–water partition coefficient (Wildman–Crippen LogP) is 0.0161. The van der Waals surface area contributed by atoms with Gasteiger partial charge in [0.25, 0.3) is 5.91 Å². The first-order valence-corrected chi connectivity index (χ1v) is 6.06. The van der Waals surface area contributed by atoms with Gasteiger partial charge in [-0.2, -0.15) is 5.10 Å². The van der Waals surface area contributed by atoms with Gasteiger partial charge < -0.3 is 9.32 Å². The maximum Gasteiger partial charge on any atom is 0.416 e. The van der Waals surface area contributed by atoms with Gasteiger partial charge in [-0.3, -0.25) is 14.5 Å². The maximum atomic E-state index is 11.9. The van der Waals surface area contributed by atoms with E-state index in [0.29, 0.717) is 19.0 Å². The van der Waals surface area contributed by atoms with Crippen molar-refractivity contribution in [2.45, 2.75) is 6.42 Å². The van der Waals surface area contributed by atoms with E-state index in [0.717, 1.165) is 6.42 Å². The van der Waals surface area contributed by atoms with Crippen LogP contribution in [0.2, 0.25) is 0 Å². The van der Waals surface area contributed by atoms with E-state index in [1.807, 2.05) is 19.4 Å². The largest absolute Gasteiger partial charge is 0.416 e. The molecule has 0 unspecified atom stereocenters. The summed E-state index contributed by atoms with van der Waals surface area (Å²) in [5, 5.41) is 4.12. The summed E-state index contributed by atoms with van der Waals surface area (Å²) < 4.78 is 6.33. The molecule has 1 aliphatic rings. The van der Waals surface area contributed by atoms with Crippen molar-refractivity contribution in [2.24, 2.45) is 13.0 Å². The second kappa shape index (κ2) is 4.42. The lowest BCUT2D eigenvalue weighted by Gasteiger charge is -2.38. The van der Waals surface area contributed by atoms with Crippen molar-refractivity contribution >= 4 is 5.91 Å². The van der Waals surface area contributed by atoms with Crippen LogP contribution in [0.4, 0.5) is 0 Å². The normalized spacial score (nSPS) is 15.5. The second-order valence-electron chi connectivity index (χ2n) is 4.86. The quantitative estimate of drug-likeness (QED) is 0.845. The van der Waals surface area contributed by atoms with Crippen LogP contribution in [-0.4, -0.2) is 38.7 Å². The van der Waals surface area contributed by atoms with Crippen LogP contribution < -0.4 is 5.76 Å². The van der Waals surface area contributed by atoms with E-state index in [1.54, 1.807) is 9.58 Å². The zero-order valence-electron chi connectivity index (χ0n) is 10.5. The number of amides is 1. The first kappa shape index (κ1) is 11.8. The highest BCUT2D eigenvalue weighted by molar-refractivity contribution is 5.92. The number of nitrogens with one attached hydrogen (secondary N) is 1. The van der Waals surface area contributed by atoms with E-state index in [4.69, 9.17) is 0 Å². The summed E-state index contributed by atoms with van der Waals surface area (Å²) in [5.41, 5.74) is 1.39. The molecule has 3 heterocycles. The van der Waals surface area contributed by atoms with Gasteiger partial charge in [-0.25, -0.2) is 4.79 Å². The second-order valence-corrected chi connectivity index (χ2v) is 4.86. The van der Waals surface area contributed by atoms with E-state index in [1.165, 1.54) is 11.8 Å². The van der Waals surface area contributed by atoms with Crippen molar-refractivity contribution < 1.29 is 9.21 Å². The Morgan fingerprint density at radius 2 is 2.37 bits per heavy atom. The average molecular weight is 262 g/mol. The van der Waals surface area contributed by atoms with Gasteiger partial charge >= 0.3 is 5.76 Å². The van der Waals surface area contributed by atoms with Gasteiger partial charge in [0.15, 0.2) is 0 Å². The van der Waals surface area contributed by atoms with E-state index < -0.39 is 5.76 Å². The Bertz CT molecular complexity index is 648. The summed E-state index contributed by atoms with van der Waals surface area (Å²) >= 11 is 0. The van der Waals surface area contributed by atoms with Gasteiger partial charge in [0, 0.05) is 26.3 Å². The van der Waals surface area contributed by atoms with Crippen molar-refractivity contribution in [2.75, 3.05) is 13.1 Å². The Labute approximate surface area is 108 Å². The number of H-pyrrole nitrogens is 1. The van der Waals surface area contributed by atoms with Crippen LogP contribution in [0.5, 0.6) is 0 Å². The molecule has 100 valence electrons. The molecule has 2 aromatic heterocycles. The third-order valence-electron chi connectivity index (χ3n) is 3.28. The molecular formula is C12H14N4O3. The molecule has 0 saturated carbocycles. The van der Waals surface area contributed by atoms with Crippen LogP contribution in [-0.2, 0) is 13.5 Å². The van der Waals surface area contributed by atoms with E-state index in [9.17, 15) is 9.59 Å². The molecule has 1 saturated heterocycles. The van der Waals surface area contributed by atoms with Gasteiger partial charge in [0.1, 0.15) is 12.0 Å². The fraction of sp³-hybridized carbons (Fsp3) is 0.417. The third kappa shape index (κ3) is 2.31. The number of carbonyl (C=O) groups is 1. The fourth-order valence-electron chi connectivity index (χ4n) is 2.33. The van der Waals surface area contributed by atoms with E-state index in [2.05, 4.69) is 14.5 Å². The highest BCUT2D eigenvalue weighted by Crippen LogP contribution is 2.21. The van der Waals surface area contributed by atoms with Crippen molar-refractivity contribution in [3.63, 3.8) is 0 Å². The van der Waals surface area contributed by atoms with Gasteiger partial charge in [0.05, 0.1) is 6.20 Å². The first-order chi connectivity index (χ1) is 9.11. The molecule has 0 atom stereocenters. The molecule has 0 radical (unpaired) electrons. The Morgan fingerprint density at radius 1 is 1.58 bits per heavy atom. The number of aryl methyl sites for hydroxylation is 1.